The van der Waals surface area contributed by atoms with Gasteiger partial charge in [-0.3, -0.25) is 0 Å². The minimum Gasteiger partial charge on any atom is -0.312 e. The van der Waals surface area contributed by atoms with Crippen molar-refractivity contribution >= 4 is 21.4 Å². The lowest BCUT2D eigenvalue weighted by Gasteiger charge is -2.04. The first kappa shape index (κ1) is 13.2. The maximum atomic E-state index is 11.8. The molecular weight excluding hydrogens is 246 g/mol. The summed E-state index contributed by atoms with van der Waals surface area (Å²) < 4.78 is 23.6. The Balaban J connectivity index is 2.63. The number of nitrogens with one attached hydrogen (secondary N) is 1. The third-order valence-corrected chi connectivity index (χ3v) is 3.99. The van der Waals surface area contributed by atoms with Crippen molar-refractivity contribution < 1.29 is 8.42 Å². The SMILES string of the molecule is C=CCNCCS(=O)(=O)c1ccc(Cl)cc1. The molecule has 1 N–H and O–H groups in total. The molecule has 0 aliphatic heterocycles. The minimum atomic E-state index is -3.21. The summed E-state index contributed by atoms with van der Waals surface area (Å²) in [7, 11) is -3.21. The summed E-state index contributed by atoms with van der Waals surface area (Å²) in [6.45, 7) is 4.56. The van der Waals surface area contributed by atoms with E-state index in [0.717, 1.165) is 0 Å². The molecule has 0 amide bonds. The Labute approximate surface area is 101 Å². The van der Waals surface area contributed by atoms with Gasteiger partial charge in [-0.05, 0) is 24.3 Å². The lowest BCUT2D eigenvalue weighted by Crippen LogP contribution is -2.23. The predicted octanol–water partition coefficient (Wildman–Crippen LogP) is 1.89. The molecule has 0 bridgehead atoms. The van der Waals surface area contributed by atoms with Gasteiger partial charge in [0.05, 0.1) is 10.6 Å². The maximum Gasteiger partial charge on any atom is 0.179 e. The second-order valence-corrected chi connectivity index (χ2v) is 5.81. The van der Waals surface area contributed by atoms with Crippen molar-refractivity contribution in [3.63, 3.8) is 0 Å². The Morgan fingerprint density at radius 2 is 1.94 bits per heavy atom. The molecule has 0 radical (unpaired) electrons. The summed E-state index contributed by atoms with van der Waals surface area (Å²) in [6, 6.07) is 6.19. The molecule has 0 saturated carbocycles. The highest BCUT2D eigenvalue weighted by atomic mass is 35.5. The molecule has 88 valence electrons. The van der Waals surface area contributed by atoms with E-state index in [1.165, 1.54) is 12.1 Å². The molecule has 0 aromatic heterocycles. The lowest BCUT2D eigenvalue weighted by atomic mass is 10.4. The average Bonchev–Trinajstić information content (AvgIpc) is 2.25. The topological polar surface area (TPSA) is 46.2 Å². The van der Waals surface area contributed by atoms with Crippen LogP contribution in [0.25, 0.3) is 0 Å². The summed E-state index contributed by atoms with van der Waals surface area (Å²) in [5.74, 6) is 0.0719. The zero-order valence-electron chi connectivity index (χ0n) is 8.82. The fourth-order valence-corrected chi connectivity index (χ4v) is 2.50. The van der Waals surface area contributed by atoms with E-state index in [9.17, 15) is 8.42 Å². The van der Waals surface area contributed by atoms with E-state index in [0.29, 0.717) is 23.0 Å². The first-order valence-corrected chi connectivity index (χ1v) is 6.89. The van der Waals surface area contributed by atoms with E-state index < -0.39 is 9.84 Å². The van der Waals surface area contributed by atoms with Crippen LogP contribution in [0.5, 0.6) is 0 Å². The molecule has 0 saturated heterocycles. The average molecular weight is 260 g/mol. The van der Waals surface area contributed by atoms with E-state index in [1.54, 1.807) is 18.2 Å². The monoisotopic (exact) mass is 259 g/mol. The smallest absolute Gasteiger partial charge is 0.179 e. The number of benzene rings is 1. The van der Waals surface area contributed by atoms with Gasteiger partial charge in [0.2, 0.25) is 0 Å². The highest BCUT2D eigenvalue weighted by Crippen LogP contribution is 2.14. The Morgan fingerprint density at radius 3 is 2.50 bits per heavy atom. The molecule has 0 fully saturated rings. The van der Waals surface area contributed by atoms with Gasteiger partial charge < -0.3 is 5.32 Å². The van der Waals surface area contributed by atoms with Gasteiger partial charge in [-0.1, -0.05) is 17.7 Å². The van der Waals surface area contributed by atoms with Crippen LogP contribution in [0.4, 0.5) is 0 Å². The van der Waals surface area contributed by atoms with Crippen molar-refractivity contribution in [2.75, 3.05) is 18.8 Å². The molecule has 3 nitrogen and oxygen atoms in total. The number of hydrogen-bond donors (Lipinski definition) is 1. The fraction of sp³-hybridized carbons (Fsp3) is 0.273. The van der Waals surface area contributed by atoms with Crippen molar-refractivity contribution in [2.45, 2.75) is 4.90 Å². The largest absolute Gasteiger partial charge is 0.312 e. The van der Waals surface area contributed by atoms with E-state index in [1.807, 2.05) is 0 Å². The number of halogens is 1. The molecule has 0 atom stereocenters. The standard InChI is InChI=1S/C11H14ClNO2S/c1-2-7-13-8-9-16(14,15)11-5-3-10(12)4-6-11/h2-6,13H,1,7-9H2. The van der Waals surface area contributed by atoms with Gasteiger partial charge in [0.1, 0.15) is 0 Å². The highest BCUT2D eigenvalue weighted by molar-refractivity contribution is 7.91. The van der Waals surface area contributed by atoms with Crippen LogP contribution in [0.15, 0.2) is 41.8 Å². The summed E-state index contributed by atoms with van der Waals surface area (Å²) in [5, 5.41) is 3.48. The van der Waals surface area contributed by atoms with Crippen molar-refractivity contribution in [1.82, 2.24) is 5.32 Å². The fourth-order valence-electron chi connectivity index (χ4n) is 1.17. The summed E-state index contributed by atoms with van der Waals surface area (Å²) in [5.41, 5.74) is 0. The van der Waals surface area contributed by atoms with Crippen molar-refractivity contribution in [3.8, 4) is 0 Å². The van der Waals surface area contributed by atoms with Crippen LogP contribution in [-0.4, -0.2) is 27.3 Å². The molecule has 0 aliphatic rings. The van der Waals surface area contributed by atoms with Crippen molar-refractivity contribution in [2.24, 2.45) is 0 Å². The van der Waals surface area contributed by atoms with Gasteiger partial charge in [0.25, 0.3) is 0 Å². The Bertz CT molecular complexity index is 440. The van der Waals surface area contributed by atoms with Gasteiger partial charge in [-0.25, -0.2) is 8.42 Å². The Kier molecular flexibility index (Phi) is 4.99. The Hall–Kier alpha value is -0.840. The Morgan fingerprint density at radius 1 is 1.31 bits per heavy atom. The number of rotatable bonds is 6. The maximum absolute atomic E-state index is 11.8. The zero-order valence-corrected chi connectivity index (χ0v) is 10.4. The van der Waals surface area contributed by atoms with Crippen LogP contribution in [0.2, 0.25) is 5.02 Å². The van der Waals surface area contributed by atoms with E-state index in [4.69, 9.17) is 11.6 Å². The molecule has 0 unspecified atom stereocenters. The molecule has 0 heterocycles. The van der Waals surface area contributed by atoms with Crippen LogP contribution in [0.3, 0.4) is 0 Å². The first-order chi connectivity index (χ1) is 7.56. The summed E-state index contributed by atoms with van der Waals surface area (Å²) in [4.78, 5) is 0.303. The summed E-state index contributed by atoms with van der Waals surface area (Å²) >= 11 is 5.69. The van der Waals surface area contributed by atoms with E-state index in [2.05, 4.69) is 11.9 Å². The first-order valence-electron chi connectivity index (χ1n) is 4.86. The molecule has 1 aromatic rings. The molecule has 5 heteroatoms. The van der Waals surface area contributed by atoms with Crippen LogP contribution in [-0.2, 0) is 9.84 Å². The molecule has 1 aromatic carbocycles. The van der Waals surface area contributed by atoms with Gasteiger partial charge in [0.15, 0.2) is 9.84 Å². The second-order valence-electron chi connectivity index (χ2n) is 3.27. The van der Waals surface area contributed by atoms with E-state index >= 15 is 0 Å². The molecule has 0 aliphatic carbocycles. The molecular formula is C11H14ClNO2S. The lowest BCUT2D eigenvalue weighted by molar-refractivity contribution is 0.592. The van der Waals surface area contributed by atoms with Gasteiger partial charge in [-0.2, -0.15) is 0 Å². The molecule has 0 spiro atoms. The van der Waals surface area contributed by atoms with Crippen LogP contribution >= 0.6 is 11.6 Å². The third-order valence-electron chi connectivity index (χ3n) is 2.01. The minimum absolute atomic E-state index is 0.0719. The normalized spacial score (nSPS) is 11.3. The van der Waals surface area contributed by atoms with Crippen LogP contribution < -0.4 is 5.32 Å². The predicted molar refractivity (Wildman–Crippen MR) is 66.6 cm³/mol. The van der Waals surface area contributed by atoms with Crippen molar-refractivity contribution in [3.05, 3.63) is 41.9 Å². The highest BCUT2D eigenvalue weighted by Gasteiger charge is 2.13. The van der Waals surface area contributed by atoms with Gasteiger partial charge in [0, 0.05) is 18.1 Å². The number of hydrogen-bond acceptors (Lipinski definition) is 3. The van der Waals surface area contributed by atoms with Crippen LogP contribution in [0, 0.1) is 0 Å². The second kappa shape index (κ2) is 6.03. The third kappa shape index (κ3) is 3.96. The van der Waals surface area contributed by atoms with Crippen LogP contribution in [0.1, 0.15) is 0 Å². The van der Waals surface area contributed by atoms with Gasteiger partial charge >= 0.3 is 0 Å². The zero-order chi connectivity index (χ0) is 12.0. The number of sulfone groups is 1. The summed E-state index contributed by atoms with van der Waals surface area (Å²) in [6.07, 6.45) is 1.69. The quantitative estimate of drug-likeness (QED) is 0.627. The van der Waals surface area contributed by atoms with E-state index in [-0.39, 0.29) is 5.75 Å². The molecule has 1 rings (SSSR count). The van der Waals surface area contributed by atoms with Crippen molar-refractivity contribution in [1.29, 1.82) is 0 Å². The molecule has 16 heavy (non-hydrogen) atoms. The van der Waals surface area contributed by atoms with Gasteiger partial charge in [-0.15, -0.1) is 6.58 Å².